The van der Waals surface area contributed by atoms with Crippen molar-refractivity contribution in [1.82, 2.24) is 15.1 Å². The number of fused-ring (bicyclic) bond motifs is 1. The summed E-state index contributed by atoms with van der Waals surface area (Å²) in [6, 6.07) is 11.1. The van der Waals surface area contributed by atoms with Crippen LogP contribution in [0.4, 0.5) is 21.0 Å². The van der Waals surface area contributed by atoms with Gasteiger partial charge in [0.05, 0.1) is 31.9 Å². The van der Waals surface area contributed by atoms with Crippen molar-refractivity contribution in [3.8, 4) is 11.5 Å². The Morgan fingerprint density at radius 1 is 1.10 bits per heavy atom. The molecule has 2 aliphatic rings. The van der Waals surface area contributed by atoms with Crippen LogP contribution in [-0.4, -0.2) is 84.9 Å². The fraction of sp³-hybridized carbons (Fsp3) is 0.516. The lowest BCUT2D eigenvalue weighted by molar-refractivity contribution is 0.0371. The van der Waals surface area contributed by atoms with Gasteiger partial charge in [0.25, 0.3) is 5.91 Å². The Morgan fingerprint density at radius 2 is 1.79 bits per heavy atom. The number of aliphatic hydroxyl groups excluding tert-OH is 1. The molecule has 0 radical (unpaired) electrons. The van der Waals surface area contributed by atoms with Gasteiger partial charge in [0.2, 0.25) is 0 Å². The molecule has 0 unspecified atom stereocenters. The molecule has 5 amide bonds. The highest BCUT2D eigenvalue weighted by Crippen LogP contribution is 2.31. The number of carbonyl (C=O) groups excluding carboxylic acids is 3. The number of rotatable bonds is 8. The molecule has 11 nitrogen and oxygen atoms in total. The van der Waals surface area contributed by atoms with Crippen molar-refractivity contribution in [2.45, 2.75) is 64.1 Å². The predicted molar refractivity (Wildman–Crippen MR) is 161 cm³/mol. The number of nitrogens with zero attached hydrogens (tertiary/aromatic N) is 2. The molecule has 0 saturated heterocycles. The number of benzene rings is 2. The fourth-order valence-electron chi connectivity index (χ4n) is 5.36. The molecule has 0 aromatic heterocycles. The van der Waals surface area contributed by atoms with Gasteiger partial charge < -0.3 is 40.3 Å². The summed E-state index contributed by atoms with van der Waals surface area (Å²) in [6.07, 6.45) is 4.87. The molecule has 1 aliphatic heterocycles. The molecule has 1 saturated carbocycles. The Kier molecular flexibility index (Phi) is 10.5. The number of nitrogens with one attached hydrogen (secondary N) is 3. The second-order valence-electron chi connectivity index (χ2n) is 11.3. The molecule has 3 atom stereocenters. The van der Waals surface area contributed by atoms with Crippen LogP contribution in [0.2, 0.25) is 0 Å². The number of ether oxygens (including phenoxy) is 2. The second-order valence-corrected chi connectivity index (χ2v) is 11.3. The van der Waals surface area contributed by atoms with E-state index in [1.807, 2.05) is 6.92 Å². The number of amides is 5. The summed E-state index contributed by atoms with van der Waals surface area (Å²) in [4.78, 5) is 42.5. The average Bonchev–Trinajstić information content (AvgIpc) is 2.99. The summed E-state index contributed by atoms with van der Waals surface area (Å²) in [5.41, 5.74) is 1.38. The van der Waals surface area contributed by atoms with Crippen LogP contribution in [0, 0.1) is 5.92 Å². The molecule has 1 fully saturated rings. The standard InChI is InChI=1S/C31H43N5O6/c1-20-17-36(21(2)19-37)29(38)26-16-24(33-30(39)32-22-8-6-5-7-9-22)12-15-27(26)42-28(20)18-35(3)31(40)34-23-10-13-25(41-4)14-11-23/h10-16,20-22,28,37H,5-9,17-19H2,1-4H3,(H,34,40)(H2,32,33,39)/t20-,21-,28+/m1/s1. The third-order valence-corrected chi connectivity index (χ3v) is 8.00. The number of aliphatic hydroxyl groups is 1. The minimum Gasteiger partial charge on any atom is -0.497 e. The van der Waals surface area contributed by atoms with E-state index in [-0.39, 0.29) is 48.6 Å². The van der Waals surface area contributed by atoms with Crippen LogP contribution in [0.1, 0.15) is 56.3 Å². The molecular weight excluding hydrogens is 538 g/mol. The van der Waals surface area contributed by atoms with Gasteiger partial charge in [0.1, 0.15) is 17.6 Å². The summed E-state index contributed by atoms with van der Waals surface area (Å²) >= 11 is 0. The number of anilines is 2. The maximum Gasteiger partial charge on any atom is 0.321 e. The van der Waals surface area contributed by atoms with Crippen molar-refractivity contribution >= 4 is 29.3 Å². The normalized spacial score (nSPS) is 19.8. The van der Waals surface area contributed by atoms with Gasteiger partial charge in [0.15, 0.2) is 0 Å². The Labute approximate surface area is 247 Å². The number of methoxy groups -OCH3 is 1. The van der Waals surface area contributed by atoms with Crippen molar-refractivity contribution in [1.29, 1.82) is 0 Å². The van der Waals surface area contributed by atoms with E-state index in [1.54, 1.807) is 73.3 Å². The van der Waals surface area contributed by atoms with E-state index in [4.69, 9.17) is 9.47 Å². The first-order valence-electron chi connectivity index (χ1n) is 14.6. The van der Waals surface area contributed by atoms with Crippen molar-refractivity contribution < 1.29 is 29.0 Å². The molecule has 4 rings (SSSR count). The quantitative estimate of drug-likeness (QED) is 0.362. The van der Waals surface area contributed by atoms with Crippen molar-refractivity contribution in [2.24, 2.45) is 5.92 Å². The summed E-state index contributed by atoms with van der Waals surface area (Å²) in [6.45, 7) is 4.11. The maximum absolute atomic E-state index is 13.7. The van der Waals surface area contributed by atoms with Gasteiger partial charge in [-0.2, -0.15) is 0 Å². The van der Waals surface area contributed by atoms with E-state index >= 15 is 0 Å². The third-order valence-electron chi connectivity index (χ3n) is 8.00. The highest BCUT2D eigenvalue weighted by molar-refractivity contribution is 5.99. The lowest BCUT2D eigenvalue weighted by Gasteiger charge is -2.38. The van der Waals surface area contributed by atoms with E-state index in [0.29, 0.717) is 29.4 Å². The van der Waals surface area contributed by atoms with Gasteiger partial charge >= 0.3 is 12.1 Å². The number of urea groups is 2. The lowest BCUT2D eigenvalue weighted by Crippen LogP contribution is -2.50. The molecule has 4 N–H and O–H groups in total. The zero-order valence-corrected chi connectivity index (χ0v) is 24.9. The van der Waals surface area contributed by atoms with Gasteiger partial charge in [-0.25, -0.2) is 9.59 Å². The first-order chi connectivity index (χ1) is 20.2. The van der Waals surface area contributed by atoms with E-state index in [9.17, 15) is 19.5 Å². The highest BCUT2D eigenvalue weighted by Gasteiger charge is 2.34. The van der Waals surface area contributed by atoms with Gasteiger partial charge in [-0.15, -0.1) is 0 Å². The SMILES string of the molecule is COc1ccc(NC(=O)N(C)C[C@@H]2Oc3ccc(NC(=O)NC4CCCCC4)cc3C(=O)N([C@H](C)CO)C[C@H]2C)cc1. The molecule has 42 heavy (non-hydrogen) atoms. The zero-order valence-electron chi connectivity index (χ0n) is 24.9. The maximum atomic E-state index is 13.7. The fourth-order valence-corrected chi connectivity index (χ4v) is 5.36. The monoisotopic (exact) mass is 581 g/mol. The Balaban J connectivity index is 1.51. The summed E-state index contributed by atoms with van der Waals surface area (Å²) < 4.78 is 11.6. The molecular formula is C31H43N5O6. The molecule has 2 aromatic rings. The second kappa shape index (κ2) is 14.3. The Hall–Kier alpha value is -3.99. The van der Waals surface area contributed by atoms with Gasteiger partial charge in [-0.05, 0) is 62.2 Å². The number of hydrogen-bond acceptors (Lipinski definition) is 6. The van der Waals surface area contributed by atoms with Gasteiger partial charge in [-0.3, -0.25) is 4.79 Å². The Bertz CT molecular complexity index is 1230. The zero-order chi connectivity index (χ0) is 30.2. The first kappa shape index (κ1) is 31.0. The molecule has 228 valence electrons. The van der Waals surface area contributed by atoms with E-state index in [1.165, 1.54) is 6.42 Å². The molecule has 0 bridgehead atoms. The molecule has 0 spiro atoms. The molecule has 2 aromatic carbocycles. The minimum atomic E-state index is -0.453. The molecule has 1 aliphatic carbocycles. The number of carbonyl (C=O) groups is 3. The topological polar surface area (TPSA) is 132 Å². The van der Waals surface area contributed by atoms with Crippen LogP contribution in [0.25, 0.3) is 0 Å². The summed E-state index contributed by atoms with van der Waals surface area (Å²) in [7, 11) is 3.27. The summed E-state index contributed by atoms with van der Waals surface area (Å²) in [5.74, 6) is 0.593. The average molecular weight is 582 g/mol. The van der Waals surface area contributed by atoms with Crippen molar-refractivity contribution in [3.05, 3.63) is 48.0 Å². The van der Waals surface area contributed by atoms with Crippen LogP contribution >= 0.6 is 0 Å². The first-order valence-corrected chi connectivity index (χ1v) is 14.6. The van der Waals surface area contributed by atoms with Gasteiger partial charge in [-0.1, -0.05) is 26.2 Å². The molecule has 11 heteroatoms. The van der Waals surface area contributed by atoms with E-state index in [2.05, 4.69) is 16.0 Å². The van der Waals surface area contributed by atoms with Crippen LogP contribution in [-0.2, 0) is 0 Å². The van der Waals surface area contributed by atoms with Crippen molar-refractivity contribution in [3.63, 3.8) is 0 Å². The molecule has 1 heterocycles. The van der Waals surface area contributed by atoms with E-state index < -0.39 is 12.1 Å². The smallest absolute Gasteiger partial charge is 0.321 e. The number of hydrogen-bond donors (Lipinski definition) is 4. The Morgan fingerprint density at radius 3 is 2.45 bits per heavy atom. The van der Waals surface area contributed by atoms with Crippen LogP contribution < -0.4 is 25.4 Å². The lowest BCUT2D eigenvalue weighted by atomic mass is 9.96. The predicted octanol–water partition coefficient (Wildman–Crippen LogP) is 4.53. The van der Waals surface area contributed by atoms with Crippen LogP contribution in [0.3, 0.4) is 0 Å². The largest absolute Gasteiger partial charge is 0.497 e. The third kappa shape index (κ3) is 7.84. The van der Waals surface area contributed by atoms with Gasteiger partial charge in [0, 0.05) is 36.9 Å². The van der Waals surface area contributed by atoms with Crippen molar-refractivity contribution in [2.75, 3.05) is 44.5 Å². The summed E-state index contributed by atoms with van der Waals surface area (Å²) in [5, 5.41) is 18.7. The van der Waals surface area contributed by atoms with E-state index in [0.717, 1.165) is 25.7 Å². The number of likely N-dealkylation sites (N-methyl/N-ethyl adjacent to an activating group) is 1. The minimum absolute atomic E-state index is 0.148. The highest BCUT2D eigenvalue weighted by atomic mass is 16.5. The van der Waals surface area contributed by atoms with Crippen LogP contribution in [0.15, 0.2) is 42.5 Å². The van der Waals surface area contributed by atoms with Crippen LogP contribution in [0.5, 0.6) is 11.5 Å².